The summed E-state index contributed by atoms with van der Waals surface area (Å²) in [4.78, 5) is 23.5. The fraction of sp³-hybridized carbons (Fsp3) is 0.818. The number of nitrogens with zero attached hydrogens (tertiary/aromatic N) is 1. The predicted octanol–water partition coefficient (Wildman–Crippen LogP) is 0.350. The smallest absolute Gasteiger partial charge is 0.407 e. The van der Waals surface area contributed by atoms with E-state index < -0.39 is 17.8 Å². The van der Waals surface area contributed by atoms with Gasteiger partial charge in [-0.15, -0.1) is 0 Å². The van der Waals surface area contributed by atoms with Crippen LogP contribution in [0.4, 0.5) is 4.79 Å². The summed E-state index contributed by atoms with van der Waals surface area (Å²) < 4.78 is 5.00. The molecule has 0 aliphatic carbocycles. The van der Waals surface area contributed by atoms with E-state index in [1.807, 2.05) is 0 Å². The van der Waals surface area contributed by atoms with E-state index in [9.17, 15) is 14.7 Å². The van der Waals surface area contributed by atoms with Gasteiger partial charge in [-0.05, 0) is 20.8 Å². The Hall–Kier alpha value is -1.30. The lowest BCUT2D eigenvalue weighted by Crippen LogP contribution is -2.41. The van der Waals surface area contributed by atoms with Gasteiger partial charge in [0.05, 0.1) is 6.10 Å². The summed E-state index contributed by atoms with van der Waals surface area (Å²) >= 11 is 0. The summed E-state index contributed by atoms with van der Waals surface area (Å²) in [5, 5.41) is 12.0. The van der Waals surface area contributed by atoms with Crippen LogP contribution in [0.2, 0.25) is 0 Å². The molecule has 2 amide bonds. The van der Waals surface area contributed by atoms with E-state index in [2.05, 4.69) is 5.32 Å². The zero-order valence-corrected chi connectivity index (χ0v) is 11.1. The van der Waals surface area contributed by atoms with Crippen LogP contribution in [0.1, 0.15) is 27.7 Å². The molecule has 0 rings (SSSR count). The number of carbonyl (C=O) groups is 2. The minimum absolute atomic E-state index is 0.0481. The summed E-state index contributed by atoms with van der Waals surface area (Å²) in [5.41, 5.74) is -0.564. The minimum Gasteiger partial charge on any atom is -0.444 e. The van der Waals surface area contributed by atoms with E-state index in [1.54, 1.807) is 27.8 Å². The van der Waals surface area contributed by atoms with Crippen molar-refractivity contribution in [3.63, 3.8) is 0 Å². The maximum Gasteiger partial charge on any atom is 0.407 e. The van der Waals surface area contributed by atoms with Gasteiger partial charge in [-0.2, -0.15) is 0 Å². The highest BCUT2D eigenvalue weighted by Gasteiger charge is 2.17. The number of hydrogen-bond acceptors (Lipinski definition) is 4. The van der Waals surface area contributed by atoms with Gasteiger partial charge >= 0.3 is 6.09 Å². The Morgan fingerprint density at radius 2 is 1.94 bits per heavy atom. The summed E-state index contributed by atoms with van der Waals surface area (Å²) in [7, 11) is 1.58. The van der Waals surface area contributed by atoms with Crippen molar-refractivity contribution in [3.8, 4) is 0 Å². The predicted molar refractivity (Wildman–Crippen MR) is 63.6 cm³/mol. The van der Waals surface area contributed by atoms with E-state index in [4.69, 9.17) is 4.74 Å². The third kappa shape index (κ3) is 8.50. The third-order valence-corrected chi connectivity index (χ3v) is 1.90. The maximum absolute atomic E-state index is 11.3. The number of carbonyl (C=O) groups excluding carboxylic acids is 2. The number of amides is 2. The molecule has 0 aliphatic rings. The normalized spacial score (nSPS) is 12.8. The average molecular weight is 246 g/mol. The first-order chi connectivity index (χ1) is 7.61. The number of likely N-dealkylation sites (N-methyl/N-ethyl adjacent to an activating group) is 1. The largest absolute Gasteiger partial charge is 0.444 e. The van der Waals surface area contributed by atoms with Crippen LogP contribution in [0.15, 0.2) is 0 Å². The van der Waals surface area contributed by atoms with Gasteiger partial charge in [-0.1, -0.05) is 0 Å². The van der Waals surface area contributed by atoms with Crippen LogP contribution in [0.3, 0.4) is 0 Å². The minimum atomic E-state index is -0.809. The molecule has 0 bridgehead atoms. The Kier molecular flexibility index (Phi) is 5.95. The van der Waals surface area contributed by atoms with Crippen molar-refractivity contribution >= 4 is 12.0 Å². The van der Waals surface area contributed by atoms with Crippen LogP contribution >= 0.6 is 0 Å². The number of aliphatic hydroxyl groups is 1. The molecule has 0 aliphatic heterocycles. The molecule has 17 heavy (non-hydrogen) atoms. The molecule has 6 heteroatoms. The Labute approximate surface area is 102 Å². The van der Waals surface area contributed by atoms with Crippen molar-refractivity contribution < 1.29 is 19.4 Å². The summed E-state index contributed by atoms with van der Waals surface area (Å²) in [6.45, 7) is 6.90. The molecule has 0 radical (unpaired) electrons. The highest BCUT2D eigenvalue weighted by Crippen LogP contribution is 2.06. The maximum atomic E-state index is 11.3. The van der Waals surface area contributed by atoms with Crippen molar-refractivity contribution in [2.75, 3.05) is 20.1 Å². The Bertz CT molecular complexity index is 273. The topological polar surface area (TPSA) is 78.9 Å². The first kappa shape index (κ1) is 15.7. The zero-order valence-electron chi connectivity index (χ0n) is 11.1. The van der Waals surface area contributed by atoms with Gasteiger partial charge in [0.25, 0.3) is 0 Å². The summed E-state index contributed by atoms with van der Waals surface area (Å²) in [5.74, 6) is -0.138. The third-order valence-electron chi connectivity index (χ3n) is 1.90. The van der Waals surface area contributed by atoms with Gasteiger partial charge in [-0.3, -0.25) is 4.79 Å². The van der Waals surface area contributed by atoms with Crippen LogP contribution in [0.5, 0.6) is 0 Å². The van der Waals surface area contributed by atoms with Crippen molar-refractivity contribution in [2.24, 2.45) is 0 Å². The second kappa shape index (κ2) is 6.44. The molecule has 0 heterocycles. The first-order valence-corrected chi connectivity index (χ1v) is 5.48. The van der Waals surface area contributed by atoms with Crippen molar-refractivity contribution in [3.05, 3.63) is 0 Å². The van der Waals surface area contributed by atoms with Crippen LogP contribution in [0, 0.1) is 0 Å². The van der Waals surface area contributed by atoms with Crippen molar-refractivity contribution in [1.29, 1.82) is 0 Å². The lowest BCUT2D eigenvalue weighted by atomic mass is 10.2. The van der Waals surface area contributed by atoms with E-state index in [1.165, 1.54) is 11.8 Å². The fourth-order valence-electron chi connectivity index (χ4n) is 1.02. The van der Waals surface area contributed by atoms with Crippen LogP contribution < -0.4 is 5.32 Å². The molecule has 0 fully saturated rings. The molecule has 100 valence electrons. The fourth-order valence-corrected chi connectivity index (χ4v) is 1.02. The van der Waals surface area contributed by atoms with E-state index in [0.717, 1.165) is 0 Å². The average Bonchev–Trinajstić information content (AvgIpc) is 2.11. The molecule has 0 aromatic carbocycles. The number of hydrogen-bond donors (Lipinski definition) is 2. The molecule has 1 unspecified atom stereocenters. The molecular weight excluding hydrogens is 224 g/mol. The van der Waals surface area contributed by atoms with Gasteiger partial charge in [-0.25, -0.2) is 4.79 Å². The van der Waals surface area contributed by atoms with Crippen LogP contribution in [-0.2, 0) is 9.53 Å². The van der Waals surface area contributed by atoms with Gasteiger partial charge in [0.2, 0.25) is 5.91 Å². The molecule has 6 nitrogen and oxygen atoms in total. The Morgan fingerprint density at radius 3 is 2.35 bits per heavy atom. The highest BCUT2D eigenvalue weighted by molar-refractivity contribution is 5.72. The number of nitrogens with one attached hydrogen (secondary N) is 1. The number of ether oxygens (including phenoxy) is 1. The second-order valence-electron chi connectivity index (χ2n) is 4.94. The number of rotatable bonds is 4. The van der Waals surface area contributed by atoms with Crippen molar-refractivity contribution in [1.82, 2.24) is 10.2 Å². The summed E-state index contributed by atoms with van der Waals surface area (Å²) in [6, 6.07) is 0. The van der Waals surface area contributed by atoms with Crippen molar-refractivity contribution in [2.45, 2.75) is 39.4 Å². The van der Waals surface area contributed by atoms with Gasteiger partial charge in [0, 0.05) is 27.1 Å². The van der Waals surface area contributed by atoms with Gasteiger partial charge < -0.3 is 20.1 Å². The monoisotopic (exact) mass is 246 g/mol. The molecule has 0 aromatic heterocycles. The zero-order chi connectivity index (χ0) is 13.6. The Morgan fingerprint density at radius 1 is 1.41 bits per heavy atom. The molecule has 0 spiro atoms. The second-order valence-corrected chi connectivity index (χ2v) is 4.94. The lowest BCUT2D eigenvalue weighted by molar-refractivity contribution is -0.128. The highest BCUT2D eigenvalue weighted by atomic mass is 16.6. The Balaban J connectivity index is 3.88. The molecule has 2 N–H and O–H groups in total. The first-order valence-electron chi connectivity index (χ1n) is 5.48. The number of alkyl carbamates (subject to hydrolysis) is 1. The van der Waals surface area contributed by atoms with Gasteiger partial charge in [0.1, 0.15) is 5.60 Å². The standard InChI is InChI=1S/C11H22N2O4/c1-8(14)13(5)7-9(15)6-12-10(16)17-11(2,3)4/h9,15H,6-7H2,1-5H3,(H,12,16). The van der Waals surface area contributed by atoms with E-state index in [0.29, 0.717) is 0 Å². The van der Waals surface area contributed by atoms with Crippen LogP contribution in [0.25, 0.3) is 0 Å². The SMILES string of the molecule is CC(=O)N(C)CC(O)CNC(=O)OC(C)(C)C. The number of aliphatic hydroxyl groups excluding tert-OH is 1. The molecule has 0 saturated heterocycles. The quantitative estimate of drug-likeness (QED) is 0.750. The molecule has 0 saturated carbocycles. The molecular formula is C11H22N2O4. The molecule has 0 aromatic rings. The summed E-state index contributed by atoms with van der Waals surface area (Å²) in [6.07, 6.45) is -1.39. The van der Waals surface area contributed by atoms with E-state index in [-0.39, 0.29) is 19.0 Å². The lowest BCUT2D eigenvalue weighted by Gasteiger charge is -2.22. The van der Waals surface area contributed by atoms with Gasteiger partial charge in [0.15, 0.2) is 0 Å². The van der Waals surface area contributed by atoms with Crippen LogP contribution in [-0.4, -0.2) is 53.8 Å². The van der Waals surface area contributed by atoms with E-state index >= 15 is 0 Å². The molecule has 1 atom stereocenters.